The summed E-state index contributed by atoms with van der Waals surface area (Å²) in [5.74, 6) is 0.111. The Morgan fingerprint density at radius 3 is 2.35 bits per heavy atom. The van der Waals surface area contributed by atoms with E-state index >= 15 is 0 Å². The molecule has 0 fully saturated rings. The highest BCUT2D eigenvalue weighted by Crippen LogP contribution is 2.20. The van der Waals surface area contributed by atoms with Crippen LogP contribution in [0.2, 0.25) is 0 Å². The molecule has 0 bridgehead atoms. The quantitative estimate of drug-likeness (QED) is 0.749. The van der Waals surface area contributed by atoms with E-state index in [-0.39, 0.29) is 11.9 Å². The van der Waals surface area contributed by atoms with E-state index in [1.807, 2.05) is 19.1 Å². The van der Waals surface area contributed by atoms with Crippen molar-refractivity contribution in [2.45, 2.75) is 32.9 Å². The van der Waals surface area contributed by atoms with Crippen molar-refractivity contribution in [3.05, 3.63) is 24.3 Å². The minimum atomic E-state index is -0.616. The van der Waals surface area contributed by atoms with Crippen molar-refractivity contribution in [3.8, 4) is 5.75 Å². The van der Waals surface area contributed by atoms with Crippen molar-refractivity contribution < 1.29 is 19.4 Å². The standard InChI is InChI=1S/C15H23NO4/c1-5-20-15(18)14(10(2)11(3)17)16-12-6-8-13(19-4)9-7-12/h6-11,14,16-17H,5H2,1-4H3/t10-,11-,14-/m0/s1. The maximum Gasteiger partial charge on any atom is 0.328 e. The number of hydrogen-bond donors (Lipinski definition) is 2. The van der Waals surface area contributed by atoms with Crippen LogP contribution >= 0.6 is 0 Å². The molecule has 1 aromatic rings. The van der Waals surface area contributed by atoms with Gasteiger partial charge in [-0.05, 0) is 38.1 Å². The summed E-state index contributed by atoms with van der Waals surface area (Å²) in [6.45, 7) is 5.54. The molecule has 0 aliphatic heterocycles. The van der Waals surface area contributed by atoms with E-state index in [2.05, 4.69) is 5.32 Å². The number of benzene rings is 1. The molecule has 0 unspecified atom stereocenters. The van der Waals surface area contributed by atoms with Crippen LogP contribution in [0.15, 0.2) is 24.3 Å². The molecule has 0 spiro atoms. The molecule has 0 saturated heterocycles. The first-order valence-corrected chi connectivity index (χ1v) is 6.74. The van der Waals surface area contributed by atoms with Crippen LogP contribution < -0.4 is 10.1 Å². The number of nitrogens with one attached hydrogen (secondary N) is 1. The Bertz CT molecular complexity index is 416. The van der Waals surface area contributed by atoms with E-state index in [0.717, 1.165) is 11.4 Å². The third-order valence-corrected chi connectivity index (χ3v) is 3.24. The predicted octanol–water partition coefficient (Wildman–Crippen LogP) is 2.06. The summed E-state index contributed by atoms with van der Waals surface area (Å²) in [4.78, 5) is 12.0. The molecule has 1 aromatic carbocycles. The van der Waals surface area contributed by atoms with Crippen molar-refractivity contribution in [2.24, 2.45) is 5.92 Å². The minimum absolute atomic E-state index is 0.267. The van der Waals surface area contributed by atoms with E-state index < -0.39 is 12.1 Å². The van der Waals surface area contributed by atoms with Crippen LogP contribution in [0.4, 0.5) is 5.69 Å². The summed E-state index contributed by atoms with van der Waals surface area (Å²) in [5.41, 5.74) is 0.774. The minimum Gasteiger partial charge on any atom is -0.497 e. The van der Waals surface area contributed by atoms with Crippen LogP contribution in [0, 0.1) is 5.92 Å². The SMILES string of the molecule is CCOC(=O)[C@@H](Nc1ccc(OC)cc1)[C@@H](C)[C@H](C)O. The number of carbonyl (C=O) groups is 1. The molecule has 0 aromatic heterocycles. The molecule has 3 atom stereocenters. The van der Waals surface area contributed by atoms with Gasteiger partial charge in [0.1, 0.15) is 11.8 Å². The molecule has 0 aliphatic carbocycles. The maximum absolute atomic E-state index is 12.0. The summed E-state index contributed by atoms with van der Waals surface area (Å²) < 4.78 is 10.1. The molecule has 1 rings (SSSR count). The fourth-order valence-corrected chi connectivity index (χ4v) is 1.78. The van der Waals surface area contributed by atoms with Gasteiger partial charge in [0.15, 0.2) is 0 Å². The number of hydrogen-bond acceptors (Lipinski definition) is 5. The van der Waals surface area contributed by atoms with E-state index in [1.54, 1.807) is 33.1 Å². The Balaban J connectivity index is 2.84. The van der Waals surface area contributed by atoms with Gasteiger partial charge in [0.2, 0.25) is 0 Å². The molecule has 0 aliphatic rings. The zero-order chi connectivity index (χ0) is 15.1. The smallest absolute Gasteiger partial charge is 0.328 e. The van der Waals surface area contributed by atoms with Crippen molar-refractivity contribution in [1.82, 2.24) is 0 Å². The Hall–Kier alpha value is -1.75. The normalized spacial score (nSPS) is 15.1. The van der Waals surface area contributed by atoms with Crippen molar-refractivity contribution >= 4 is 11.7 Å². The Labute approximate surface area is 119 Å². The van der Waals surface area contributed by atoms with Gasteiger partial charge in [0.25, 0.3) is 0 Å². The molecule has 112 valence electrons. The fourth-order valence-electron chi connectivity index (χ4n) is 1.78. The highest BCUT2D eigenvalue weighted by atomic mass is 16.5. The fraction of sp³-hybridized carbons (Fsp3) is 0.533. The van der Waals surface area contributed by atoms with Gasteiger partial charge >= 0.3 is 5.97 Å². The van der Waals surface area contributed by atoms with E-state index in [9.17, 15) is 9.90 Å². The lowest BCUT2D eigenvalue weighted by molar-refractivity contribution is -0.146. The number of aliphatic hydroxyl groups is 1. The summed E-state index contributed by atoms with van der Waals surface area (Å²) in [5, 5.41) is 12.8. The third-order valence-electron chi connectivity index (χ3n) is 3.24. The molecule has 20 heavy (non-hydrogen) atoms. The summed E-state index contributed by atoms with van der Waals surface area (Å²) >= 11 is 0. The summed E-state index contributed by atoms with van der Waals surface area (Å²) in [6, 6.07) is 6.65. The van der Waals surface area contributed by atoms with Crippen LogP contribution in [0.1, 0.15) is 20.8 Å². The molecule has 0 heterocycles. The molecule has 0 radical (unpaired) electrons. The van der Waals surface area contributed by atoms with Gasteiger partial charge < -0.3 is 19.9 Å². The largest absolute Gasteiger partial charge is 0.497 e. The zero-order valence-corrected chi connectivity index (χ0v) is 12.4. The summed E-state index contributed by atoms with van der Waals surface area (Å²) in [6.07, 6.45) is -0.616. The van der Waals surface area contributed by atoms with Gasteiger partial charge in [0.05, 0.1) is 19.8 Å². The second-order valence-corrected chi connectivity index (χ2v) is 4.70. The number of ether oxygens (including phenoxy) is 2. The van der Waals surface area contributed by atoms with Crippen molar-refractivity contribution in [3.63, 3.8) is 0 Å². The number of aliphatic hydroxyl groups excluding tert-OH is 1. The van der Waals surface area contributed by atoms with Gasteiger partial charge in [-0.3, -0.25) is 0 Å². The van der Waals surface area contributed by atoms with Crippen LogP contribution in [-0.4, -0.2) is 36.9 Å². The zero-order valence-electron chi connectivity index (χ0n) is 12.4. The average Bonchev–Trinajstić information content (AvgIpc) is 2.44. The number of carbonyl (C=O) groups excluding carboxylic acids is 1. The van der Waals surface area contributed by atoms with E-state index in [4.69, 9.17) is 9.47 Å². The van der Waals surface area contributed by atoms with Crippen LogP contribution in [0.5, 0.6) is 5.75 Å². The lowest BCUT2D eigenvalue weighted by atomic mass is 9.96. The third kappa shape index (κ3) is 4.42. The van der Waals surface area contributed by atoms with Crippen LogP contribution in [0.25, 0.3) is 0 Å². The van der Waals surface area contributed by atoms with Gasteiger partial charge in [-0.2, -0.15) is 0 Å². The molecular formula is C15H23NO4. The van der Waals surface area contributed by atoms with Crippen LogP contribution in [0.3, 0.4) is 0 Å². The number of esters is 1. The van der Waals surface area contributed by atoms with Crippen LogP contribution in [-0.2, 0) is 9.53 Å². The van der Waals surface area contributed by atoms with E-state index in [1.165, 1.54) is 0 Å². The van der Waals surface area contributed by atoms with Crippen molar-refractivity contribution in [2.75, 3.05) is 19.0 Å². The lowest BCUT2D eigenvalue weighted by Gasteiger charge is -2.26. The molecule has 5 nitrogen and oxygen atoms in total. The molecule has 0 amide bonds. The maximum atomic E-state index is 12.0. The second-order valence-electron chi connectivity index (χ2n) is 4.70. The van der Waals surface area contributed by atoms with Crippen molar-refractivity contribution in [1.29, 1.82) is 0 Å². The molecule has 5 heteroatoms. The highest BCUT2D eigenvalue weighted by molar-refractivity contribution is 5.79. The molecule has 0 saturated carbocycles. The Morgan fingerprint density at radius 1 is 1.30 bits per heavy atom. The number of anilines is 1. The first-order valence-electron chi connectivity index (χ1n) is 6.74. The van der Waals surface area contributed by atoms with Gasteiger partial charge in [0, 0.05) is 11.6 Å². The second kappa shape index (κ2) is 7.75. The first-order chi connectivity index (χ1) is 9.49. The predicted molar refractivity (Wildman–Crippen MR) is 77.9 cm³/mol. The number of methoxy groups -OCH3 is 1. The lowest BCUT2D eigenvalue weighted by Crippen LogP contribution is -2.41. The van der Waals surface area contributed by atoms with E-state index in [0.29, 0.717) is 6.61 Å². The average molecular weight is 281 g/mol. The van der Waals surface area contributed by atoms with Gasteiger partial charge in [-0.15, -0.1) is 0 Å². The van der Waals surface area contributed by atoms with Gasteiger partial charge in [-0.25, -0.2) is 4.79 Å². The monoisotopic (exact) mass is 281 g/mol. The highest BCUT2D eigenvalue weighted by Gasteiger charge is 2.29. The molecular weight excluding hydrogens is 258 g/mol. The molecule has 2 N–H and O–H groups in total. The first kappa shape index (κ1) is 16.3. The summed E-state index contributed by atoms with van der Waals surface area (Å²) in [7, 11) is 1.60. The Morgan fingerprint density at radius 2 is 1.90 bits per heavy atom. The van der Waals surface area contributed by atoms with Gasteiger partial charge in [-0.1, -0.05) is 6.92 Å². The number of rotatable bonds is 7. The Kier molecular flexibility index (Phi) is 6.31. The topological polar surface area (TPSA) is 67.8 Å².